The van der Waals surface area contributed by atoms with Crippen molar-refractivity contribution in [2.45, 2.75) is 6.10 Å². The molecule has 0 spiro atoms. The van der Waals surface area contributed by atoms with Gasteiger partial charge in [-0.2, -0.15) is 4.39 Å². The number of carbonyl (C=O) groups excluding carboxylic acids is 1. The number of nitrogens with one attached hydrogen (secondary N) is 1. The maximum absolute atomic E-state index is 13.4. The van der Waals surface area contributed by atoms with Crippen LogP contribution in [0.1, 0.15) is 0 Å². The van der Waals surface area contributed by atoms with Gasteiger partial charge in [0.1, 0.15) is 0 Å². The summed E-state index contributed by atoms with van der Waals surface area (Å²) in [5.41, 5.74) is 1.85. The van der Waals surface area contributed by atoms with E-state index in [1.807, 2.05) is 5.43 Å². The molecule has 0 aliphatic heterocycles. The van der Waals surface area contributed by atoms with Gasteiger partial charge in [0.15, 0.2) is 11.6 Å². The molecular formula is C10H11BrF2N2O3. The van der Waals surface area contributed by atoms with E-state index in [-0.39, 0.29) is 11.1 Å². The molecule has 0 fully saturated rings. The highest BCUT2D eigenvalue weighted by atomic mass is 79.9. The molecule has 0 aromatic heterocycles. The smallest absolute Gasteiger partial charge is 0.277 e. The highest BCUT2D eigenvalue weighted by Gasteiger charge is 2.22. The molecule has 0 heterocycles. The van der Waals surface area contributed by atoms with Crippen LogP contribution in [0.25, 0.3) is 0 Å². The van der Waals surface area contributed by atoms with Crippen molar-refractivity contribution in [1.29, 1.82) is 0 Å². The first-order chi connectivity index (χ1) is 8.49. The van der Waals surface area contributed by atoms with E-state index >= 15 is 0 Å². The number of benzene rings is 1. The largest absolute Gasteiger partial charge is 0.475 e. The lowest BCUT2D eigenvalue weighted by Crippen LogP contribution is -2.44. The fourth-order valence-electron chi connectivity index (χ4n) is 1.18. The number of halogens is 3. The van der Waals surface area contributed by atoms with Crippen molar-refractivity contribution < 1.29 is 23.0 Å². The maximum atomic E-state index is 13.4. The van der Waals surface area contributed by atoms with Crippen LogP contribution in [0, 0.1) is 11.6 Å². The van der Waals surface area contributed by atoms with E-state index < -0.39 is 29.4 Å². The van der Waals surface area contributed by atoms with Crippen LogP contribution in [0.15, 0.2) is 16.6 Å². The van der Waals surface area contributed by atoms with Gasteiger partial charge in [0.05, 0.1) is 6.61 Å². The van der Waals surface area contributed by atoms with Gasteiger partial charge >= 0.3 is 0 Å². The average molecular weight is 325 g/mol. The third-order valence-electron chi connectivity index (χ3n) is 1.98. The predicted octanol–water partition coefficient (Wildman–Crippen LogP) is 1.11. The van der Waals surface area contributed by atoms with Crippen LogP contribution in [-0.4, -0.2) is 25.7 Å². The van der Waals surface area contributed by atoms with Crippen molar-refractivity contribution in [2.75, 3.05) is 13.7 Å². The van der Waals surface area contributed by atoms with Gasteiger partial charge in [-0.25, -0.2) is 10.2 Å². The van der Waals surface area contributed by atoms with Crippen LogP contribution >= 0.6 is 15.9 Å². The van der Waals surface area contributed by atoms with Gasteiger partial charge in [0.25, 0.3) is 5.91 Å². The number of rotatable bonds is 5. The summed E-state index contributed by atoms with van der Waals surface area (Å²) in [5, 5.41) is 0. The maximum Gasteiger partial charge on any atom is 0.277 e. The molecule has 0 radical (unpaired) electrons. The predicted molar refractivity (Wildman–Crippen MR) is 62.7 cm³/mol. The van der Waals surface area contributed by atoms with Crippen LogP contribution in [0.2, 0.25) is 0 Å². The van der Waals surface area contributed by atoms with Gasteiger partial charge < -0.3 is 9.47 Å². The zero-order valence-electron chi connectivity index (χ0n) is 9.38. The standard InChI is InChI=1S/C10H11BrF2N2O3/c1-17-4-8(10(16)15-14)18-7-3-5(11)2-6(12)9(7)13/h2-3,8H,4,14H2,1H3,(H,15,16). The lowest BCUT2D eigenvalue weighted by molar-refractivity contribution is -0.130. The molecule has 1 amide bonds. The Hall–Kier alpha value is -1.25. The number of hydrogen-bond acceptors (Lipinski definition) is 4. The Kier molecular flexibility index (Phi) is 5.45. The lowest BCUT2D eigenvalue weighted by atomic mass is 10.3. The summed E-state index contributed by atoms with van der Waals surface area (Å²) in [6, 6.07) is 2.14. The van der Waals surface area contributed by atoms with Gasteiger partial charge in [-0.05, 0) is 12.1 Å². The molecule has 0 aliphatic carbocycles. The molecule has 0 bridgehead atoms. The molecule has 3 N–H and O–H groups in total. The number of hydrogen-bond donors (Lipinski definition) is 2. The molecular weight excluding hydrogens is 314 g/mol. The van der Waals surface area contributed by atoms with E-state index in [9.17, 15) is 13.6 Å². The Morgan fingerprint density at radius 1 is 1.56 bits per heavy atom. The summed E-state index contributed by atoms with van der Waals surface area (Å²) in [6.45, 7) is -0.156. The first kappa shape index (κ1) is 14.8. The molecule has 0 saturated carbocycles. The average Bonchev–Trinajstić information content (AvgIpc) is 2.33. The van der Waals surface area contributed by atoms with E-state index in [0.717, 1.165) is 6.07 Å². The Bertz CT molecular complexity index is 445. The monoisotopic (exact) mass is 324 g/mol. The van der Waals surface area contributed by atoms with Gasteiger partial charge in [0, 0.05) is 11.6 Å². The minimum atomic E-state index is -1.19. The van der Waals surface area contributed by atoms with Crippen molar-refractivity contribution >= 4 is 21.8 Å². The minimum Gasteiger partial charge on any atom is -0.475 e. The zero-order valence-corrected chi connectivity index (χ0v) is 11.0. The summed E-state index contributed by atoms with van der Waals surface area (Å²) in [7, 11) is 1.33. The number of carbonyl (C=O) groups is 1. The first-order valence-electron chi connectivity index (χ1n) is 4.80. The molecule has 1 atom stereocenters. The molecule has 0 saturated heterocycles. The van der Waals surface area contributed by atoms with Crippen molar-refractivity contribution in [1.82, 2.24) is 5.43 Å². The summed E-state index contributed by atoms with van der Waals surface area (Å²) < 4.78 is 36.6. The van der Waals surface area contributed by atoms with Crippen LogP contribution in [0.3, 0.4) is 0 Å². The summed E-state index contributed by atoms with van der Waals surface area (Å²) >= 11 is 2.99. The highest BCUT2D eigenvalue weighted by Crippen LogP contribution is 2.26. The van der Waals surface area contributed by atoms with Gasteiger partial charge in [-0.15, -0.1) is 0 Å². The van der Waals surface area contributed by atoms with Crippen LogP contribution in [0.5, 0.6) is 5.75 Å². The number of amides is 1. The number of ether oxygens (including phenoxy) is 2. The van der Waals surface area contributed by atoms with Crippen molar-refractivity contribution in [3.8, 4) is 5.75 Å². The molecule has 5 nitrogen and oxygen atoms in total. The van der Waals surface area contributed by atoms with Gasteiger partial charge in [-0.1, -0.05) is 15.9 Å². The molecule has 1 aromatic rings. The second-order valence-corrected chi connectivity index (χ2v) is 4.19. The van der Waals surface area contributed by atoms with E-state index in [0.29, 0.717) is 0 Å². The fraction of sp³-hybridized carbons (Fsp3) is 0.300. The zero-order chi connectivity index (χ0) is 13.7. The second-order valence-electron chi connectivity index (χ2n) is 3.27. The SMILES string of the molecule is COCC(Oc1cc(Br)cc(F)c1F)C(=O)NN. The van der Waals surface area contributed by atoms with Crippen LogP contribution in [-0.2, 0) is 9.53 Å². The Morgan fingerprint density at radius 3 is 2.78 bits per heavy atom. The first-order valence-corrected chi connectivity index (χ1v) is 5.59. The summed E-state index contributed by atoms with van der Waals surface area (Å²) in [4.78, 5) is 11.3. The third-order valence-corrected chi connectivity index (χ3v) is 2.44. The molecule has 0 aliphatic rings. The molecule has 100 valence electrons. The lowest BCUT2D eigenvalue weighted by Gasteiger charge is -2.17. The van der Waals surface area contributed by atoms with E-state index in [2.05, 4.69) is 15.9 Å². The van der Waals surface area contributed by atoms with E-state index in [1.54, 1.807) is 0 Å². The Labute approximate surface area is 110 Å². The van der Waals surface area contributed by atoms with E-state index in [1.165, 1.54) is 13.2 Å². The molecule has 8 heteroatoms. The van der Waals surface area contributed by atoms with Crippen LogP contribution in [0.4, 0.5) is 8.78 Å². The molecule has 1 aromatic carbocycles. The minimum absolute atomic E-state index is 0.156. The number of methoxy groups -OCH3 is 1. The van der Waals surface area contributed by atoms with E-state index in [4.69, 9.17) is 15.3 Å². The van der Waals surface area contributed by atoms with Crippen molar-refractivity contribution in [3.05, 3.63) is 28.2 Å². The van der Waals surface area contributed by atoms with Crippen LogP contribution < -0.4 is 16.0 Å². The summed E-state index contributed by atoms with van der Waals surface area (Å²) in [5.74, 6) is 1.54. The summed E-state index contributed by atoms with van der Waals surface area (Å²) in [6.07, 6.45) is -1.18. The Balaban J connectivity index is 2.96. The highest BCUT2D eigenvalue weighted by molar-refractivity contribution is 9.10. The molecule has 1 rings (SSSR count). The third kappa shape index (κ3) is 3.62. The quantitative estimate of drug-likeness (QED) is 0.368. The van der Waals surface area contributed by atoms with Crippen molar-refractivity contribution in [2.24, 2.45) is 5.84 Å². The van der Waals surface area contributed by atoms with Crippen molar-refractivity contribution in [3.63, 3.8) is 0 Å². The second kappa shape index (κ2) is 6.62. The number of hydrazine groups is 1. The van der Waals surface area contributed by atoms with Gasteiger partial charge in [0.2, 0.25) is 11.9 Å². The molecule has 1 unspecified atom stereocenters. The van der Waals surface area contributed by atoms with Gasteiger partial charge in [-0.3, -0.25) is 10.2 Å². The fourth-order valence-corrected chi connectivity index (χ4v) is 1.59. The number of nitrogens with two attached hydrogens (primary N) is 1. The normalized spacial score (nSPS) is 12.1. The molecule has 18 heavy (non-hydrogen) atoms. The Morgan fingerprint density at radius 2 is 2.22 bits per heavy atom. The topological polar surface area (TPSA) is 73.6 Å².